The van der Waals surface area contributed by atoms with Crippen LogP contribution in [0.1, 0.15) is 11.6 Å². The van der Waals surface area contributed by atoms with Crippen LogP contribution in [-0.4, -0.2) is 18.4 Å². The molecule has 2 rings (SSSR count). The molecule has 0 aliphatic heterocycles. The van der Waals surface area contributed by atoms with Crippen LogP contribution < -0.4 is 15.8 Å². The van der Waals surface area contributed by atoms with Gasteiger partial charge in [-0.2, -0.15) is 0 Å². The Morgan fingerprint density at radius 1 is 1.09 bits per heavy atom. The third kappa shape index (κ3) is 4.23. The average Bonchev–Trinajstić information content (AvgIpc) is 2.52. The van der Waals surface area contributed by atoms with E-state index in [0.29, 0.717) is 16.3 Å². The van der Waals surface area contributed by atoms with Gasteiger partial charge in [0.15, 0.2) is 6.61 Å². The fraction of sp³-hybridized carbons (Fsp3) is 0.125. The van der Waals surface area contributed by atoms with Gasteiger partial charge in [0, 0.05) is 0 Å². The van der Waals surface area contributed by atoms with Gasteiger partial charge < -0.3 is 15.8 Å². The lowest BCUT2D eigenvalue weighted by Gasteiger charge is -2.16. The van der Waals surface area contributed by atoms with Crippen LogP contribution >= 0.6 is 11.6 Å². The number of nitrogens with one attached hydrogen (secondary N) is 1. The molecule has 0 aliphatic rings. The highest BCUT2D eigenvalue weighted by molar-refractivity contribution is 6.32. The summed E-state index contributed by atoms with van der Waals surface area (Å²) in [7, 11) is 0. The fourth-order valence-corrected chi connectivity index (χ4v) is 2.06. The molecule has 0 radical (unpaired) electrons. The Kier molecular flexibility index (Phi) is 5.38. The fourth-order valence-electron chi connectivity index (χ4n) is 1.87. The van der Waals surface area contributed by atoms with Crippen LogP contribution in [0.25, 0.3) is 0 Å². The summed E-state index contributed by atoms with van der Waals surface area (Å²) in [5, 5.41) is 2.95. The quantitative estimate of drug-likeness (QED) is 0.855. The third-order valence-corrected chi connectivity index (χ3v) is 3.23. The molecule has 2 aromatic carbocycles. The van der Waals surface area contributed by atoms with Gasteiger partial charge >= 0.3 is 0 Å². The smallest absolute Gasteiger partial charge is 0.258 e. The van der Waals surface area contributed by atoms with E-state index >= 15 is 0 Å². The van der Waals surface area contributed by atoms with E-state index in [1.54, 1.807) is 48.5 Å². The number of nitrogens with two attached hydrogens (primary N) is 1. The van der Waals surface area contributed by atoms with Crippen LogP contribution in [0.2, 0.25) is 5.02 Å². The predicted octanol–water partition coefficient (Wildman–Crippen LogP) is 2.06. The van der Waals surface area contributed by atoms with Gasteiger partial charge in [-0.15, -0.1) is 0 Å². The maximum Gasteiger partial charge on any atom is 0.258 e. The van der Waals surface area contributed by atoms with Gasteiger partial charge in [0.25, 0.3) is 5.91 Å². The van der Waals surface area contributed by atoms with E-state index in [-0.39, 0.29) is 6.61 Å². The number of rotatable bonds is 6. The Bertz CT molecular complexity index is 661. The number of amides is 2. The van der Waals surface area contributed by atoms with Gasteiger partial charge in [-0.1, -0.05) is 54.1 Å². The minimum Gasteiger partial charge on any atom is -0.482 e. The number of para-hydroxylation sites is 1. The Hall–Kier alpha value is -2.53. The minimum atomic E-state index is -0.899. The highest BCUT2D eigenvalue weighted by Gasteiger charge is 2.20. The largest absolute Gasteiger partial charge is 0.482 e. The maximum atomic E-state index is 11.9. The molecule has 1 atom stereocenters. The van der Waals surface area contributed by atoms with Crippen molar-refractivity contribution in [1.29, 1.82) is 0 Å². The number of carbonyl (C=O) groups excluding carboxylic acids is 2. The third-order valence-electron chi connectivity index (χ3n) is 2.92. The summed E-state index contributed by atoms with van der Waals surface area (Å²) >= 11 is 5.93. The molecule has 0 unspecified atom stereocenters. The Labute approximate surface area is 133 Å². The zero-order chi connectivity index (χ0) is 15.9. The van der Waals surface area contributed by atoms with Crippen molar-refractivity contribution >= 4 is 23.4 Å². The van der Waals surface area contributed by atoms with E-state index in [0.717, 1.165) is 0 Å². The molecular formula is C16H15ClN2O3. The summed E-state index contributed by atoms with van der Waals surface area (Å²) in [5.41, 5.74) is 5.94. The van der Waals surface area contributed by atoms with Crippen molar-refractivity contribution in [2.24, 2.45) is 5.73 Å². The van der Waals surface area contributed by atoms with Crippen molar-refractivity contribution in [3.8, 4) is 5.75 Å². The van der Waals surface area contributed by atoms with Crippen molar-refractivity contribution in [2.75, 3.05) is 6.61 Å². The van der Waals surface area contributed by atoms with Crippen LogP contribution in [-0.2, 0) is 9.59 Å². The van der Waals surface area contributed by atoms with Crippen LogP contribution in [0, 0.1) is 0 Å². The summed E-state index contributed by atoms with van der Waals surface area (Å²) in [4.78, 5) is 23.4. The molecule has 0 saturated heterocycles. The number of halogens is 1. The van der Waals surface area contributed by atoms with Crippen molar-refractivity contribution in [3.05, 3.63) is 65.2 Å². The van der Waals surface area contributed by atoms with E-state index in [1.165, 1.54) is 0 Å². The van der Waals surface area contributed by atoms with Gasteiger partial charge in [0.2, 0.25) is 5.91 Å². The molecule has 0 heterocycles. The number of hydrogen-bond acceptors (Lipinski definition) is 3. The maximum absolute atomic E-state index is 11.9. The molecule has 2 aromatic rings. The Morgan fingerprint density at radius 3 is 2.36 bits per heavy atom. The van der Waals surface area contributed by atoms with E-state index in [4.69, 9.17) is 22.1 Å². The van der Waals surface area contributed by atoms with Crippen molar-refractivity contribution in [1.82, 2.24) is 5.32 Å². The van der Waals surface area contributed by atoms with E-state index in [9.17, 15) is 9.59 Å². The lowest BCUT2D eigenvalue weighted by molar-refractivity contribution is -0.128. The van der Waals surface area contributed by atoms with Crippen LogP contribution in [0.4, 0.5) is 0 Å². The first-order chi connectivity index (χ1) is 10.6. The zero-order valence-corrected chi connectivity index (χ0v) is 12.4. The first-order valence-corrected chi connectivity index (χ1v) is 6.96. The normalized spacial score (nSPS) is 11.5. The molecule has 0 bridgehead atoms. The van der Waals surface area contributed by atoms with E-state index < -0.39 is 17.9 Å². The van der Waals surface area contributed by atoms with Crippen LogP contribution in [0.5, 0.6) is 5.75 Å². The monoisotopic (exact) mass is 318 g/mol. The molecule has 0 fully saturated rings. The van der Waals surface area contributed by atoms with Gasteiger partial charge in [0.1, 0.15) is 11.8 Å². The molecule has 2 amide bonds. The van der Waals surface area contributed by atoms with Crippen LogP contribution in [0.15, 0.2) is 54.6 Å². The summed E-state index contributed by atoms with van der Waals surface area (Å²) in [6.45, 7) is -0.264. The summed E-state index contributed by atoms with van der Waals surface area (Å²) in [5.74, 6) is -0.709. The molecule has 5 nitrogen and oxygen atoms in total. The number of carbonyl (C=O) groups is 2. The van der Waals surface area contributed by atoms with E-state index in [2.05, 4.69) is 5.32 Å². The highest BCUT2D eigenvalue weighted by atomic mass is 35.5. The first kappa shape index (κ1) is 15.9. The SMILES string of the molecule is NC(=O)[C@@H](NC(=O)COc1ccccc1Cl)c1ccccc1. The zero-order valence-electron chi connectivity index (χ0n) is 11.7. The average molecular weight is 319 g/mol. The lowest BCUT2D eigenvalue weighted by Crippen LogP contribution is -2.39. The molecule has 0 saturated carbocycles. The number of benzene rings is 2. The molecule has 22 heavy (non-hydrogen) atoms. The van der Waals surface area contributed by atoms with Crippen molar-refractivity contribution < 1.29 is 14.3 Å². The molecule has 3 N–H and O–H groups in total. The second-order valence-electron chi connectivity index (χ2n) is 4.53. The van der Waals surface area contributed by atoms with Gasteiger partial charge in [0.05, 0.1) is 5.02 Å². The Morgan fingerprint density at radius 2 is 1.73 bits per heavy atom. The molecular weight excluding hydrogens is 304 g/mol. The van der Waals surface area contributed by atoms with Gasteiger partial charge in [-0.25, -0.2) is 0 Å². The second kappa shape index (κ2) is 7.47. The lowest BCUT2D eigenvalue weighted by atomic mass is 10.1. The highest BCUT2D eigenvalue weighted by Crippen LogP contribution is 2.22. The Balaban J connectivity index is 1.98. The number of primary amides is 1. The second-order valence-corrected chi connectivity index (χ2v) is 4.94. The molecule has 6 heteroatoms. The molecule has 0 aliphatic carbocycles. The number of hydrogen-bond donors (Lipinski definition) is 2. The number of ether oxygens (including phenoxy) is 1. The predicted molar refractivity (Wildman–Crippen MR) is 83.5 cm³/mol. The summed E-state index contributed by atoms with van der Waals surface area (Å²) < 4.78 is 5.32. The molecule has 114 valence electrons. The standard InChI is InChI=1S/C16H15ClN2O3/c17-12-8-4-5-9-13(12)22-10-14(20)19-15(16(18)21)11-6-2-1-3-7-11/h1-9,15H,10H2,(H2,18,21)(H,19,20)/t15-/m0/s1. The molecule has 0 spiro atoms. The summed E-state index contributed by atoms with van der Waals surface area (Å²) in [6, 6.07) is 14.7. The van der Waals surface area contributed by atoms with Crippen molar-refractivity contribution in [2.45, 2.75) is 6.04 Å². The topological polar surface area (TPSA) is 81.4 Å². The summed E-state index contributed by atoms with van der Waals surface area (Å²) in [6.07, 6.45) is 0. The van der Waals surface area contributed by atoms with Crippen molar-refractivity contribution in [3.63, 3.8) is 0 Å². The molecule has 0 aromatic heterocycles. The van der Waals surface area contributed by atoms with Crippen LogP contribution in [0.3, 0.4) is 0 Å². The minimum absolute atomic E-state index is 0.264. The first-order valence-electron chi connectivity index (χ1n) is 6.59. The van der Waals surface area contributed by atoms with E-state index in [1.807, 2.05) is 6.07 Å². The van der Waals surface area contributed by atoms with Gasteiger partial charge in [-0.3, -0.25) is 9.59 Å². The van der Waals surface area contributed by atoms with Gasteiger partial charge in [-0.05, 0) is 17.7 Å².